The van der Waals surface area contributed by atoms with Gasteiger partial charge in [0.2, 0.25) is 11.2 Å². The molecule has 1 saturated heterocycles. The number of aliphatic hydroxyl groups is 1. The molecule has 4 rings (SSSR count). The molecule has 0 spiro atoms. The monoisotopic (exact) mass is 472 g/mol. The van der Waals surface area contributed by atoms with Gasteiger partial charge in [-0.3, -0.25) is 4.79 Å². The summed E-state index contributed by atoms with van der Waals surface area (Å²) in [5, 5.41) is 11.5. The van der Waals surface area contributed by atoms with E-state index in [-0.39, 0.29) is 17.8 Å². The first-order chi connectivity index (χ1) is 15.8. The van der Waals surface area contributed by atoms with E-state index in [0.717, 1.165) is 30.1 Å². The lowest BCUT2D eigenvalue weighted by Gasteiger charge is -2.28. The molecule has 33 heavy (non-hydrogen) atoms. The van der Waals surface area contributed by atoms with Gasteiger partial charge < -0.3 is 23.9 Å². The summed E-state index contributed by atoms with van der Waals surface area (Å²) in [6.07, 6.45) is 3.17. The third-order valence-corrected chi connectivity index (χ3v) is 6.90. The van der Waals surface area contributed by atoms with Crippen molar-refractivity contribution >= 4 is 22.6 Å². The van der Waals surface area contributed by atoms with Crippen LogP contribution in [0.5, 0.6) is 17.2 Å². The highest BCUT2D eigenvalue weighted by Gasteiger charge is 2.22. The zero-order valence-corrected chi connectivity index (χ0v) is 20.1. The van der Waals surface area contributed by atoms with Crippen LogP contribution < -0.4 is 19.8 Å². The van der Waals surface area contributed by atoms with Crippen LogP contribution in [0.25, 0.3) is 11.0 Å². The third-order valence-electron chi connectivity index (χ3n) is 6.30. The van der Waals surface area contributed by atoms with E-state index in [2.05, 4.69) is 6.92 Å². The summed E-state index contributed by atoms with van der Waals surface area (Å²) in [7, 11) is 0. The molecule has 1 aliphatic rings. The Labute approximate surface area is 198 Å². The van der Waals surface area contributed by atoms with E-state index in [9.17, 15) is 9.90 Å². The molecule has 1 atom stereocenters. The second-order valence-electron chi connectivity index (χ2n) is 9.16. The van der Waals surface area contributed by atoms with Crippen LogP contribution in [-0.2, 0) is 0 Å². The van der Waals surface area contributed by atoms with Gasteiger partial charge in [-0.25, -0.2) is 0 Å². The van der Waals surface area contributed by atoms with Crippen LogP contribution in [0.15, 0.2) is 45.8 Å². The van der Waals surface area contributed by atoms with Crippen molar-refractivity contribution in [3.8, 4) is 17.2 Å². The lowest BCUT2D eigenvalue weighted by Crippen LogP contribution is -3.14. The lowest BCUT2D eigenvalue weighted by molar-refractivity contribution is -0.909. The summed E-state index contributed by atoms with van der Waals surface area (Å²) in [5.41, 5.74) is 1.88. The van der Waals surface area contributed by atoms with E-state index < -0.39 is 6.10 Å². The number of fused-ring (bicyclic) bond motifs is 1. The van der Waals surface area contributed by atoms with Gasteiger partial charge in [-0.2, -0.15) is 0 Å². The first-order valence-electron chi connectivity index (χ1n) is 11.4. The summed E-state index contributed by atoms with van der Waals surface area (Å²) < 4.78 is 17.2. The average molecular weight is 473 g/mol. The van der Waals surface area contributed by atoms with Crippen molar-refractivity contribution in [1.29, 1.82) is 0 Å². The fourth-order valence-electron chi connectivity index (χ4n) is 4.30. The lowest BCUT2D eigenvalue weighted by atomic mass is 9.99. The van der Waals surface area contributed by atoms with E-state index in [1.54, 1.807) is 30.3 Å². The second-order valence-corrected chi connectivity index (χ2v) is 9.54. The molecule has 1 aliphatic heterocycles. The number of halogens is 1. The highest BCUT2D eigenvalue weighted by Crippen LogP contribution is 2.29. The molecule has 3 aromatic rings. The van der Waals surface area contributed by atoms with Crippen molar-refractivity contribution < 1.29 is 23.9 Å². The van der Waals surface area contributed by atoms with Gasteiger partial charge in [-0.1, -0.05) is 18.5 Å². The maximum atomic E-state index is 12.9. The molecule has 0 radical (unpaired) electrons. The van der Waals surface area contributed by atoms with Gasteiger partial charge in [0.25, 0.3) is 0 Å². The standard InChI is InChI=1S/C26H30ClNO5/c1-16-6-8-28(9-7-16)13-19(29)14-31-20-4-5-22-23(12-20)32-15-24(26(22)30)33-21-10-17(2)25(27)18(3)11-21/h4-5,10-12,15-16,19,29H,6-9,13-14H2,1-3H3/p+1. The predicted octanol–water partition coefficient (Wildman–Crippen LogP) is 3.91. The molecule has 1 aromatic heterocycles. The van der Waals surface area contributed by atoms with Gasteiger partial charge in [-0.15, -0.1) is 0 Å². The number of hydrogen-bond donors (Lipinski definition) is 2. The van der Waals surface area contributed by atoms with Gasteiger partial charge in [-0.05, 0) is 68.0 Å². The Morgan fingerprint density at radius 1 is 1.15 bits per heavy atom. The molecule has 176 valence electrons. The Kier molecular flexibility index (Phi) is 7.27. The molecule has 7 heteroatoms. The van der Waals surface area contributed by atoms with E-state index in [1.807, 2.05) is 13.8 Å². The molecule has 0 aliphatic carbocycles. The smallest absolute Gasteiger partial charge is 0.235 e. The van der Waals surface area contributed by atoms with E-state index in [1.165, 1.54) is 24.0 Å². The Hall–Kier alpha value is -2.54. The third kappa shape index (κ3) is 5.69. The molecular formula is C26H31ClNO5+. The Balaban J connectivity index is 1.42. The normalized spacial score (nSPS) is 19.4. The van der Waals surface area contributed by atoms with Crippen LogP contribution in [0.4, 0.5) is 0 Å². The minimum atomic E-state index is -0.543. The van der Waals surface area contributed by atoms with Crippen LogP contribution in [0, 0.1) is 19.8 Å². The summed E-state index contributed by atoms with van der Waals surface area (Å²) in [6.45, 7) is 9.13. The molecule has 1 unspecified atom stereocenters. The van der Waals surface area contributed by atoms with E-state index in [4.69, 9.17) is 25.5 Å². The van der Waals surface area contributed by atoms with Gasteiger partial charge in [0.1, 0.15) is 42.6 Å². The number of benzene rings is 2. The quantitative estimate of drug-likeness (QED) is 0.545. The van der Waals surface area contributed by atoms with Gasteiger partial charge in [0.05, 0.1) is 18.5 Å². The van der Waals surface area contributed by atoms with Gasteiger partial charge in [0.15, 0.2) is 0 Å². The molecule has 0 amide bonds. The Morgan fingerprint density at radius 2 is 1.85 bits per heavy atom. The van der Waals surface area contributed by atoms with Crippen molar-refractivity contribution in [2.24, 2.45) is 5.92 Å². The number of piperidine rings is 1. The molecule has 2 heterocycles. The molecule has 1 fully saturated rings. The van der Waals surface area contributed by atoms with Gasteiger partial charge in [0, 0.05) is 11.1 Å². The van der Waals surface area contributed by atoms with E-state index >= 15 is 0 Å². The fraction of sp³-hybridized carbons (Fsp3) is 0.423. The maximum absolute atomic E-state index is 12.9. The highest BCUT2D eigenvalue weighted by atomic mass is 35.5. The summed E-state index contributed by atoms with van der Waals surface area (Å²) in [5.74, 6) is 1.95. The zero-order chi connectivity index (χ0) is 23.5. The molecule has 0 bridgehead atoms. The fourth-order valence-corrected chi connectivity index (χ4v) is 4.41. The second kappa shape index (κ2) is 10.2. The topological polar surface area (TPSA) is 73.3 Å². The van der Waals surface area contributed by atoms with E-state index in [0.29, 0.717) is 34.0 Å². The van der Waals surface area contributed by atoms with Crippen LogP contribution in [0.1, 0.15) is 30.9 Å². The first kappa shape index (κ1) is 23.6. The van der Waals surface area contributed by atoms with Crippen molar-refractivity contribution in [2.75, 3.05) is 26.2 Å². The number of aliphatic hydroxyl groups excluding tert-OH is 1. The Morgan fingerprint density at radius 3 is 2.55 bits per heavy atom. The number of nitrogens with one attached hydrogen (secondary N) is 1. The van der Waals surface area contributed by atoms with Crippen molar-refractivity contribution in [3.63, 3.8) is 0 Å². The minimum absolute atomic E-state index is 0.103. The van der Waals surface area contributed by atoms with Crippen molar-refractivity contribution in [2.45, 2.75) is 39.7 Å². The van der Waals surface area contributed by atoms with Crippen molar-refractivity contribution in [3.05, 3.63) is 63.0 Å². The van der Waals surface area contributed by atoms with Crippen molar-refractivity contribution in [1.82, 2.24) is 0 Å². The predicted molar refractivity (Wildman–Crippen MR) is 129 cm³/mol. The molecule has 0 saturated carbocycles. The minimum Gasteiger partial charge on any atom is -0.491 e. The number of likely N-dealkylation sites (tertiary alicyclic amines) is 1. The molecular weight excluding hydrogens is 442 g/mol. The number of quaternary nitrogens is 1. The highest BCUT2D eigenvalue weighted by molar-refractivity contribution is 6.32. The number of aryl methyl sites for hydroxylation is 2. The molecule has 6 nitrogen and oxygen atoms in total. The number of rotatable bonds is 7. The zero-order valence-electron chi connectivity index (χ0n) is 19.3. The maximum Gasteiger partial charge on any atom is 0.235 e. The first-order valence-corrected chi connectivity index (χ1v) is 11.8. The summed E-state index contributed by atoms with van der Waals surface area (Å²) >= 11 is 6.21. The van der Waals surface area contributed by atoms with Crippen LogP contribution in [0.3, 0.4) is 0 Å². The van der Waals surface area contributed by atoms with Crippen LogP contribution in [-0.4, -0.2) is 37.5 Å². The molecule has 2 aromatic carbocycles. The largest absolute Gasteiger partial charge is 0.491 e. The summed E-state index contributed by atoms with van der Waals surface area (Å²) in [4.78, 5) is 14.3. The summed E-state index contributed by atoms with van der Waals surface area (Å²) in [6, 6.07) is 8.60. The Bertz CT molecular complexity index is 1160. The SMILES string of the molecule is Cc1cc(Oc2coc3cc(OCC(O)C[NH+]4CCC(C)CC4)ccc3c2=O)cc(C)c1Cl. The molecule has 2 N–H and O–H groups in total. The number of ether oxygens (including phenoxy) is 2. The van der Waals surface area contributed by atoms with Crippen LogP contribution >= 0.6 is 11.6 Å². The average Bonchev–Trinajstić information content (AvgIpc) is 2.79. The van der Waals surface area contributed by atoms with Gasteiger partial charge >= 0.3 is 0 Å². The van der Waals surface area contributed by atoms with Crippen LogP contribution in [0.2, 0.25) is 5.02 Å². The number of hydrogen-bond acceptors (Lipinski definition) is 5.